The van der Waals surface area contributed by atoms with E-state index < -0.39 is 12.1 Å². The molecule has 0 heterocycles. The first kappa shape index (κ1) is 16.2. The van der Waals surface area contributed by atoms with Crippen LogP contribution in [0.2, 0.25) is 0 Å². The molecular formula is C15H20O5. The molecule has 1 aromatic carbocycles. The fourth-order valence-electron chi connectivity index (χ4n) is 1.73. The predicted octanol–water partition coefficient (Wildman–Crippen LogP) is 1.90. The van der Waals surface area contributed by atoms with E-state index in [1.165, 1.54) is 0 Å². The average molecular weight is 280 g/mol. The molecule has 0 saturated carbocycles. The lowest BCUT2D eigenvalue weighted by atomic mass is 10.0. The highest BCUT2D eigenvalue weighted by Gasteiger charge is 2.06. The van der Waals surface area contributed by atoms with Crippen LogP contribution < -0.4 is 4.74 Å². The van der Waals surface area contributed by atoms with Crippen LogP contribution in [0, 0.1) is 0 Å². The van der Waals surface area contributed by atoms with Crippen molar-refractivity contribution in [2.24, 2.45) is 0 Å². The van der Waals surface area contributed by atoms with Gasteiger partial charge in [0, 0.05) is 6.08 Å². The molecule has 0 saturated heterocycles. The molecule has 0 aliphatic carbocycles. The largest absolute Gasteiger partial charge is 0.491 e. The van der Waals surface area contributed by atoms with Crippen molar-refractivity contribution in [2.75, 3.05) is 13.2 Å². The Morgan fingerprint density at radius 3 is 2.60 bits per heavy atom. The lowest BCUT2D eigenvalue weighted by Gasteiger charge is -2.11. The van der Waals surface area contributed by atoms with E-state index in [1.54, 1.807) is 30.3 Å². The number of carboxylic acids is 1. The molecule has 0 aliphatic heterocycles. The zero-order valence-electron chi connectivity index (χ0n) is 11.2. The molecule has 20 heavy (non-hydrogen) atoms. The first-order valence-corrected chi connectivity index (χ1v) is 6.54. The second-order valence-corrected chi connectivity index (χ2v) is 4.33. The number of aliphatic hydroxyl groups is 2. The summed E-state index contributed by atoms with van der Waals surface area (Å²) >= 11 is 0. The number of carboxylic acid groups (broad SMARTS) is 1. The highest BCUT2D eigenvalue weighted by atomic mass is 16.5. The number of aliphatic carboxylic acids is 1. The van der Waals surface area contributed by atoms with Gasteiger partial charge in [0.05, 0.1) is 12.7 Å². The molecule has 0 bridgehead atoms. The Balaban J connectivity index is 2.35. The summed E-state index contributed by atoms with van der Waals surface area (Å²) < 4.78 is 5.23. The summed E-state index contributed by atoms with van der Waals surface area (Å²) in [6.45, 7) is 0.214. The van der Waals surface area contributed by atoms with Crippen LogP contribution in [0.5, 0.6) is 5.75 Å². The van der Waals surface area contributed by atoms with Crippen LogP contribution in [0.3, 0.4) is 0 Å². The van der Waals surface area contributed by atoms with Crippen molar-refractivity contribution in [1.82, 2.24) is 0 Å². The van der Waals surface area contributed by atoms with Gasteiger partial charge < -0.3 is 20.1 Å². The standard InChI is InChI=1S/C15H20O5/c16-10-11-20-13-8-6-12(7-9-13)14(17)4-2-1-3-5-15(18)19/h3,5-9,14,16-17H,1-2,4,10-11H2,(H,18,19)/b5-3+/t14-/m1/s1. The Morgan fingerprint density at radius 1 is 1.30 bits per heavy atom. The van der Waals surface area contributed by atoms with Gasteiger partial charge in [0.15, 0.2) is 0 Å². The molecule has 1 aromatic rings. The Kier molecular flexibility index (Phi) is 7.39. The van der Waals surface area contributed by atoms with Crippen LogP contribution in [0.25, 0.3) is 0 Å². The van der Waals surface area contributed by atoms with Crippen LogP contribution in [0.1, 0.15) is 30.9 Å². The van der Waals surface area contributed by atoms with Crippen molar-refractivity contribution >= 4 is 5.97 Å². The van der Waals surface area contributed by atoms with Crippen LogP contribution in [-0.2, 0) is 4.79 Å². The summed E-state index contributed by atoms with van der Waals surface area (Å²) in [5.74, 6) is -0.302. The molecule has 0 radical (unpaired) electrons. The molecule has 110 valence electrons. The minimum atomic E-state index is -0.955. The molecule has 1 rings (SSSR count). The van der Waals surface area contributed by atoms with E-state index in [0.717, 1.165) is 11.6 Å². The first-order chi connectivity index (χ1) is 9.63. The minimum Gasteiger partial charge on any atom is -0.491 e. The number of allylic oxidation sites excluding steroid dienone is 1. The number of rotatable bonds is 9. The first-order valence-electron chi connectivity index (χ1n) is 6.54. The second-order valence-electron chi connectivity index (χ2n) is 4.33. The van der Waals surface area contributed by atoms with Crippen molar-refractivity contribution in [3.05, 3.63) is 42.0 Å². The van der Waals surface area contributed by atoms with Crippen molar-refractivity contribution < 1.29 is 24.9 Å². The van der Waals surface area contributed by atoms with E-state index in [9.17, 15) is 9.90 Å². The van der Waals surface area contributed by atoms with Gasteiger partial charge in [0.25, 0.3) is 0 Å². The number of carbonyl (C=O) groups is 1. The fourth-order valence-corrected chi connectivity index (χ4v) is 1.73. The summed E-state index contributed by atoms with van der Waals surface area (Å²) in [6, 6.07) is 7.06. The van der Waals surface area contributed by atoms with Crippen LogP contribution in [-0.4, -0.2) is 34.5 Å². The van der Waals surface area contributed by atoms with E-state index in [4.69, 9.17) is 14.9 Å². The number of aliphatic hydroxyl groups excluding tert-OH is 2. The molecule has 5 heteroatoms. The highest BCUT2D eigenvalue weighted by molar-refractivity contribution is 5.79. The minimum absolute atomic E-state index is 0.0335. The number of ether oxygens (including phenoxy) is 1. The number of benzene rings is 1. The van der Waals surface area contributed by atoms with E-state index in [-0.39, 0.29) is 13.2 Å². The molecule has 0 fully saturated rings. The normalized spacial score (nSPS) is 12.5. The summed E-state index contributed by atoms with van der Waals surface area (Å²) in [5, 5.41) is 27.0. The molecule has 5 nitrogen and oxygen atoms in total. The van der Waals surface area contributed by atoms with Gasteiger partial charge in [-0.1, -0.05) is 18.2 Å². The van der Waals surface area contributed by atoms with E-state index in [2.05, 4.69) is 0 Å². The van der Waals surface area contributed by atoms with Crippen LogP contribution in [0.4, 0.5) is 0 Å². The van der Waals surface area contributed by atoms with E-state index in [0.29, 0.717) is 25.0 Å². The third-order valence-electron chi connectivity index (χ3n) is 2.73. The smallest absolute Gasteiger partial charge is 0.327 e. The molecule has 0 unspecified atom stereocenters. The Bertz CT molecular complexity index is 424. The topological polar surface area (TPSA) is 87.0 Å². The van der Waals surface area contributed by atoms with Gasteiger partial charge in [0.2, 0.25) is 0 Å². The fraction of sp³-hybridized carbons (Fsp3) is 0.400. The van der Waals surface area contributed by atoms with Gasteiger partial charge in [-0.25, -0.2) is 4.79 Å². The average Bonchev–Trinajstić information content (AvgIpc) is 2.44. The number of unbranched alkanes of at least 4 members (excludes halogenated alkanes) is 1. The SMILES string of the molecule is O=C(O)/C=C/CCC[C@@H](O)c1ccc(OCCO)cc1. The van der Waals surface area contributed by atoms with E-state index >= 15 is 0 Å². The molecule has 0 aromatic heterocycles. The van der Waals surface area contributed by atoms with Crippen molar-refractivity contribution in [1.29, 1.82) is 0 Å². The van der Waals surface area contributed by atoms with Gasteiger partial charge in [-0.05, 0) is 37.0 Å². The summed E-state index contributed by atoms with van der Waals surface area (Å²) in [5.41, 5.74) is 0.795. The quantitative estimate of drug-likeness (QED) is 0.475. The van der Waals surface area contributed by atoms with Crippen LogP contribution in [0.15, 0.2) is 36.4 Å². The maximum absolute atomic E-state index is 10.3. The van der Waals surface area contributed by atoms with Gasteiger partial charge in [-0.3, -0.25) is 0 Å². The molecule has 0 spiro atoms. The maximum Gasteiger partial charge on any atom is 0.327 e. The van der Waals surface area contributed by atoms with Gasteiger partial charge in [-0.15, -0.1) is 0 Å². The van der Waals surface area contributed by atoms with Crippen LogP contribution >= 0.6 is 0 Å². The second kappa shape index (κ2) is 9.12. The maximum atomic E-state index is 10.3. The summed E-state index contributed by atoms with van der Waals surface area (Å²) in [4.78, 5) is 10.3. The van der Waals surface area contributed by atoms with Gasteiger partial charge >= 0.3 is 5.97 Å². The van der Waals surface area contributed by atoms with Gasteiger partial charge in [0.1, 0.15) is 12.4 Å². The summed E-state index contributed by atoms with van der Waals surface area (Å²) in [7, 11) is 0. The molecule has 1 atom stereocenters. The highest BCUT2D eigenvalue weighted by Crippen LogP contribution is 2.22. The zero-order valence-corrected chi connectivity index (χ0v) is 11.2. The summed E-state index contributed by atoms with van der Waals surface area (Å²) in [6.07, 6.45) is 4.04. The number of hydrogen-bond acceptors (Lipinski definition) is 4. The third kappa shape index (κ3) is 6.36. The van der Waals surface area contributed by atoms with Crippen molar-refractivity contribution in [3.63, 3.8) is 0 Å². The molecule has 0 amide bonds. The number of hydrogen-bond donors (Lipinski definition) is 3. The van der Waals surface area contributed by atoms with Crippen molar-refractivity contribution in [3.8, 4) is 5.75 Å². The van der Waals surface area contributed by atoms with E-state index in [1.807, 2.05) is 0 Å². The van der Waals surface area contributed by atoms with Gasteiger partial charge in [-0.2, -0.15) is 0 Å². The zero-order chi connectivity index (χ0) is 14.8. The Labute approximate surface area is 118 Å². The Morgan fingerprint density at radius 2 is 2.00 bits per heavy atom. The Hall–Kier alpha value is -1.85. The molecule has 0 aliphatic rings. The monoisotopic (exact) mass is 280 g/mol. The lowest BCUT2D eigenvalue weighted by Crippen LogP contribution is -2.02. The van der Waals surface area contributed by atoms with Crippen molar-refractivity contribution in [2.45, 2.75) is 25.4 Å². The third-order valence-corrected chi connectivity index (χ3v) is 2.73. The predicted molar refractivity (Wildman–Crippen MR) is 74.6 cm³/mol. The lowest BCUT2D eigenvalue weighted by molar-refractivity contribution is -0.131. The molecule has 3 N–H and O–H groups in total. The molecular weight excluding hydrogens is 260 g/mol.